The number of nitrogen functional groups attached to an aromatic ring is 1. The third-order valence-corrected chi connectivity index (χ3v) is 3.70. The van der Waals surface area contributed by atoms with Crippen LogP contribution in [0.25, 0.3) is 0 Å². The van der Waals surface area contributed by atoms with Crippen molar-refractivity contribution in [3.8, 4) is 0 Å². The van der Waals surface area contributed by atoms with Crippen LogP contribution in [0.15, 0.2) is 29.4 Å². The molecule has 0 amide bonds. The average Bonchev–Trinajstić information content (AvgIpc) is 2.43. The molecule has 2 aromatic heterocycles. The van der Waals surface area contributed by atoms with E-state index >= 15 is 0 Å². The Bertz CT molecular complexity index is 824. The van der Waals surface area contributed by atoms with Gasteiger partial charge in [0.15, 0.2) is 14.9 Å². The fraction of sp³-hybridized carbons (Fsp3) is 0.250. The number of anilines is 2. The molecule has 11 heteroatoms. The molecule has 0 radical (unpaired) electrons. The van der Waals surface area contributed by atoms with Gasteiger partial charge in [-0.05, 0) is 12.1 Å². The minimum absolute atomic E-state index is 0.164. The highest BCUT2D eigenvalue weighted by atomic mass is 32.2. The van der Waals surface area contributed by atoms with Gasteiger partial charge in [0.1, 0.15) is 11.4 Å². The van der Waals surface area contributed by atoms with Gasteiger partial charge >= 0.3 is 6.18 Å². The minimum Gasteiger partial charge on any atom is -0.368 e. The molecule has 0 fully saturated rings. The van der Waals surface area contributed by atoms with Gasteiger partial charge in [0, 0.05) is 12.5 Å². The molecule has 0 spiro atoms. The molecule has 2 aromatic rings. The van der Waals surface area contributed by atoms with E-state index in [9.17, 15) is 21.6 Å². The summed E-state index contributed by atoms with van der Waals surface area (Å²) in [7, 11) is -3.51. The van der Waals surface area contributed by atoms with Crippen LogP contribution in [-0.2, 0) is 22.6 Å². The van der Waals surface area contributed by atoms with Gasteiger partial charge in [0.2, 0.25) is 5.95 Å². The van der Waals surface area contributed by atoms with E-state index in [1.165, 1.54) is 18.2 Å². The molecule has 0 aliphatic heterocycles. The van der Waals surface area contributed by atoms with Crippen LogP contribution >= 0.6 is 0 Å². The van der Waals surface area contributed by atoms with Crippen molar-refractivity contribution in [2.24, 2.45) is 0 Å². The molecule has 0 saturated heterocycles. The largest absolute Gasteiger partial charge is 0.421 e. The number of alkyl halides is 3. The molecular formula is C12H12F3N5O2S. The van der Waals surface area contributed by atoms with Crippen LogP contribution in [0.3, 0.4) is 0 Å². The van der Waals surface area contributed by atoms with Gasteiger partial charge in [-0.2, -0.15) is 18.2 Å². The zero-order valence-corrected chi connectivity index (χ0v) is 12.6. The van der Waals surface area contributed by atoms with Crippen molar-refractivity contribution in [3.63, 3.8) is 0 Å². The molecule has 0 atom stereocenters. The molecule has 0 aliphatic carbocycles. The Balaban J connectivity index is 2.27. The maximum absolute atomic E-state index is 12.9. The Kier molecular flexibility index (Phi) is 4.41. The van der Waals surface area contributed by atoms with E-state index in [2.05, 4.69) is 20.3 Å². The summed E-state index contributed by atoms with van der Waals surface area (Å²) in [5.41, 5.74) is 4.45. The SMILES string of the molecule is CS(=O)(=O)c1cccc(CNc2nc(N)ncc2C(F)(F)F)n1. The van der Waals surface area contributed by atoms with Crippen LogP contribution in [0, 0.1) is 0 Å². The molecule has 7 nitrogen and oxygen atoms in total. The maximum Gasteiger partial charge on any atom is 0.421 e. The second kappa shape index (κ2) is 5.99. The van der Waals surface area contributed by atoms with Crippen molar-refractivity contribution >= 4 is 21.6 Å². The second-order valence-electron chi connectivity index (χ2n) is 4.58. The number of hydrogen-bond acceptors (Lipinski definition) is 7. The number of rotatable bonds is 4. The first-order chi connectivity index (χ1) is 10.6. The summed E-state index contributed by atoms with van der Waals surface area (Å²) in [6.07, 6.45) is -3.09. The first kappa shape index (κ1) is 16.9. The van der Waals surface area contributed by atoms with Crippen LogP contribution in [-0.4, -0.2) is 29.6 Å². The van der Waals surface area contributed by atoms with Crippen molar-refractivity contribution in [1.29, 1.82) is 0 Å². The summed E-state index contributed by atoms with van der Waals surface area (Å²) >= 11 is 0. The highest BCUT2D eigenvalue weighted by Gasteiger charge is 2.35. The van der Waals surface area contributed by atoms with Crippen molar-refractivity contribution in [1.82, 2.24) is 15.0 Å². The molecule has 0 bridgehead atoms. The Morgan fingerprint density at radius 1 is 1.26 bits per heavy atom. The van der Waals surface area contributed by atoms with Crippen LogP contribution < -0.4 is 11.1 Å². The third-order valence-electron chi connectivity index (χ3n) is 2.71. The zero-order chi connectivity index (χ0) is 17.3. The molecule has 2 heterocycles. The number of pyridine rings is 1. The smallest absolute Gasteiger partial charge is 0.368 e. The van der Waals surface area contributed by atoms with E-state index in [-0.39, 0.29) is 23.2 Å². The van der Waals surface area contributed by atoms with Gasteiger partial charge in [-0.25, -0.2) is 18.4 Å². The van der Waals surface area contributed by atoms with Crippen molar-refractivity contribution in [2.75, 3.05) is 17.3 Å². The molecule has 0 aromatic carbocycles. The molecule has 3 N–H and O–H groups in total. The number of nitrogens with two attached hydrogens (primary N) is 1. The molecule has 0 saturated carbocycles. The number of sulfone groups is 1. The molecule has 0 aliphatic rings. The van der Waals surface area contributed by atoms with Crippen molar-refractivity contribution in [3.05, 3.63) is 35.7 Å². The fourth-order valence-electron chi connectivity index (χ4n) is 1.67. The van der Waals surface area contributed by atoms with Gasteiger partial charge in [0.05, 0.1) is 12.2 Å². The quantitative estimate of drug-likeness (QED) is 0.862. The number of nitrogens with one attached hydrogen (secondary N) is 1. The predicted molar refractivity (Wildman–Crippen MR) is 76.1 cm³/mol. The van der Waals surface area contributed by atoms with Crippen LogP contribution in [0.2, 0.25) is 0 Å². The monoisotopic (exact) mass is 347 g/mol. The summed E-state index contributed by atoms with van der Waals surface area (Å²) in [5.74, 6) is -0.824. The number of nitrogens with zero attached hydrogens (tertiary/aromatic N) is 3. The summed E-state index contributed by atoms with van der Waals surface area (Å²) in [6.45, 7) is -0.164. The van der Waals surface area contributed by atoms with Gasteiger partial charge in [-0.3, -0.25) is 0 Å². The van der Waals surface area contributed by atoms with Gasteiger partial charge in [-0.15, -0.1) is 0 Å². The number of halogens is 3. The van der Waals surface area contributed by atoms with E-state index in [4.69, 9.17) is 5.73 Å². The highest BCUT2D eigenvalue weighted by molar-refractivity contribution is 7.90. The third kappa shape index (κ3) is 4.28. The van der Waals surface area contributed by atoms with Gasteiger partial charge < -0.3 is 11.1 Å². The van der Waals surface area contributed by atoms with E-state index in [1.807, 2.05) is 0 Å². The summed E-state index contributed by atoms with van der Waals surface area (Å²) < 4.78 is 61.5. The van der Waals surface area contributed by atoms with E-state index in [1.54, 1.807) is 0 Å². The molecule has 0 unspecified atom stereocenters. The Hall–Kier alpha value is -2.43. The fourth-order valence-corrected chi connectivity index (χ4v) is 2.28. The van der Waals surface area contributed by atoms with E-state index in [0.717, 1.165) is 6.26 Å². The standard InChI is InChI=1S/C12H12F3N5O2S/c1-23(21,22)9-4-2-3-7(19-9)5-17-10-8(12(13,14)15)6-18-11(16)20-10/h2-4,6H,5H2,1H3,(H3,16,17,18,20). The lowest BCUT2D eigenvalue weighted by Crippen LogP contribution is -2.15. The maximum atomic E-state index is 12.9. The lowest BCUT2D eigenvalue weighted by atomic mass is 10.3. The van der Waals surface area contributed by atoms with Crippen LogP contribution in [0.4, 0.5) is 24.9 Å². The Labute approximate surface area is 129 Å². The van der Waals surface area contributed by atoms with Crippen molar-refractivity contribution in [2.45, 2.75) is 17.7 Å². The summed E-state index contributed by atoms with van der Waals surface area (Å²) in [4.78, 5) is 10.7. The highest BCUT2D eigenvalue weighted by Crippen LogP contribution is 2.33. The summed E-state index contributed by atoms with van der Waals surface area (Å²) in [6, 6.07) is 4.21. The Morgan fingerprint density at radius 3 is 2.57 bits per heavy atom. The molecule has 2 rings (SSSR count). The predicted octanol–water partition coefficient (Wildman–Crippen LogP) is 1.49. The average molecular weight is 347 g/mol. The second-order valence-corrected chi connectivity index (χ2v) is 6.54. The van der Waals surface area contributed by atoms with E-state index in [0.29, 0.717) is 6.20 Å². The first-order valence-corrected chi connectivity index (χ1v) is 8.06. The van der Waals surface area contributed by atoms with Crippen LogP contribution in [0.5, 0.6) is 0 Å². The zero-order valence-electron chi connectivity index (χ0n) is 11.8. The van der Waals surface area contributed by atoms with Gasteiger partial charge in [0.25, 0.3) is 0 Å². The minimum atomic E-state index is -4.65. The lowest BCUT2D eigenvalue weighted by Gasteiger charge is -2.13. The Morgan fingerprint density at radius 2 is 1.96 bits per heavy atom. The molecule has 23 heavy (non-hydrogen) atoms. The van der Waals surface area contributed by atoms with Crippen LogP contribution in [0.1, 0.15) is 11.3 Å². The number of hydrogen-bond donors (Lipinski definition) is 2. The van der Waals surface area contributed by atoms with Gasteiger partial charge in [-0.1, -0.05) is 6.07 Å². The van der Waals surface area contributed by atoms with Crippen molar-refractivity contribution < 1.29 is 21.6 Å². The topological polar surface area (TPSA) is 111 Å². The lowest BCUT2D eigenvalue weighted by molar-refractivity contribution is -0.137. The summed E-state index contributed by atoms with van der Waals surface area (Å²) in [5, 5.41) is 2.28. The normalized spacial score (nSPS) is 12.2. The van der Waals surface area contributed by atoms with E-state index < -0.39 is 27.4 Å². The molecular weight excluding hydrogens is 335 g/mol. The first-order valence-electron chi connectivity index (χ1n) is 6.17. The number of aromatic nitrogens is 3. The molecule has 124 valence electrons.